The second-order valence-electron chi connectivity index (χ2n) is 5.36. The number of hydrogen-bond donors (Lipinski definition) is 2. The second kappa shape index (κ2) is 6.93. The zero-order valence-electron chi connectivity index (χ0n) is 12.6. The first-order valence-corrected chi connectivity index (χ1v) is 7.23. The third-order valence-electron chi connectivity index (χ3n) is 3.52. The maximum atomic E-state index is 11.4. The number of anilines is 1. The number of nitriles is 1. The molecule has 0 radical (unpaired) electrons. The Hall–Kier alpha value is -2.29. The van der Waals surface area contributed by atoms with Crippen molar-refractivity contribution in [2.75, 3.05) is 32.5 Å². The van der Waals surface area contributed by atoms with Crippen LogP contribution in [0.1, 0.15) is 29.7 Å². The lowest BCUT2D eigenvalue weighted by Crippen LogP contribution is -2.37. The van der Waals surface area contributed by atoms with Crippen molar-refractivity contribution >= 4 is 11.8 Å². The Morgan fingerprint density at radius 1 is 1.38 bits per heavy atom. The molecule has 0 atom stereocenters. The van der Waals surface area contributed by atoms with Crippen LogP contribution in [-0.2, 0) is 12.8 Å². The van der Waals surface area contributed by atoms with E-state index >= 15 is 0 Å². The van der Waals surface area contributed by atoms with Gasteiger partial charge in [-0.1, -0.05) is 0 Å². The normalized spacial score (nSPS) is 13.0. The first kappa shape index (κ1) is 15.1. The number of amides is 2. The highest BCUT2D eigenvalue weighted by atomic mass is 16.2. The third kappa shape index (κ3) is 3.85. The van der Waals surface area contributed by atoms with E-state index in [9.17, 15) is 10.1 Å². The summed E-state index contributed by atoms with van der Waals surface area (Å²) in [6, 6.07) is 4.01. The van der Waals surface area contributed by atoms with Gasteiger partial charge in [0.15, 0.2) is 0 Å². The summed E-state index contributed by atoms with van der Waals surface area (Å²) in [5.41, 5.74) is 2.87. The van der Waals surface area contributed by atoms with Gasteiger partial charge >= 0.3 is 6.03 Å². The summed E-state index contributed by atoms with van der Waals surface area (Å²) in [4.78, 5) is 17.5. The van der Waals surface area contributed by atoms with Gasteiger partial charge < -0.3 is 15.5 Å². The van der Waals surface area contributed by atoms with Crippen molar-refractivity contribution in [3.05, 3.63) is 22.9 Å². The maximum Gasteiger partial charge on any atom is 0.316 e. The van der Waals surface area contributed by atoms with Crippen LogP contribution >= 0.6 is 0 Å². The van der Waals surface area contributed by atoms with E-state index in [1.807, 2.05) is 6.07 Å². The van der Waals surface area contributed by atoms with E-state index in [-0.39, 0.29) is 6.03 Å². The number of carbonyl (C=O) groups excluding carboxylic acids is 1. The molecule has 0 bridgehead atoms. The molecular formula is C15H21N5O. The number of hydrogen-bond acceptors (Lipinski definition) is 4. The first-order chi connectivity index (χ1) is 10.1. The fraction of sp³-hybridized carbons (Fsp3) is 0.533. The summed E-state index contributed by atoms with van der Waals surface area (Å²) < 4.78 is 0. The lowest BCUT2D eigenvalue weighted by Gasteiger charge is -2.17. The van der Waals surface area contributed by atoms with Crippen LogP contribution in [0.3, 0.4) is 0 Å². The number of fused-ring (bicyclic) bond motifs is 1. The molecule has 0 aromatic carbocycles. The number of nitrogens with one attached hydrogen (secondary N) is 2. The highest BCUT2D eigenvalue weighted by Gasteiger charge is 2.14. The Balaban J connectivity index is 1.96. The van der Waals surface area contributed by atoms with Crippen molar-refractivity contribution in [1.29, 1.82) is 5.26 Å². The number of urea groups is 1. The van der Waals surface area contributed by atoms with Crippen LogP contribution in [0.5, 0.6) is 0 Å². The molecular weight excluding hydrogens is 266 g/mol. The van der Waals surface area contributed by atoms with Crippen molar-refractivity contribution in [2.45, 2.75) is 25.7 Å². The van der Waals surface area contributed by atoms with Gasteiger partial charge in [-0.05, 0) is 37.3 Å². The van der Waals surface area contributed by atoms with E-state index in [0.717, 1.165) is 25.0 Å². The molecule has 0 saturated heterocycles. The zero-order chi connectivity index (χ0) is 15.2. The molecule has 1 aromatic heterocycles. The predicted molar refractivity (Wildman–Crippen MR) is 81.2 cm³/mol. The first-order valence-electron chi connectivity index (χ1n) is 7.23. The monoisotopic (exact) mass is 287 g/mol. The SMILES string of the molecule is CN(C)C(=O)NCCNc1nc2c(cc1C#N)CCCC2. The Morgan fingerprint density at radius 2 is 2.14 bits per heavy atom. The average Bonchev–Trinajstić information content (AvgIpc) is 2.50. The molecule has 1 aliphatic carbocycles. The summed E-state index contributed by atoms with van der Waals surface area (Å²) in [6.45, 7) is 1.03. The summed E-state index contributed by atoms with van der Waals surface area (Å²) in [5.74, 6) is 0.622. The molecule has 1 aromatic rings. The molecule has 2 N–H and O–H groups in total. The van der Waals surface area contributed by atoms with Gasteiger partial charge in [-0.3, -0.25) is 0 Å². The van der Waals surface area contributed by atoms with E-state index in [4.69, 9.17) is 0 Å². The van der Waals surface area contributed by atoms with Crippen LogP contribution in [0.25, 0.3) is 0 Å². The molecule has 1 aliphatic rings. The van der Waals surface area contributed by atoms with Crippen molar-refractivity contribution < 1.29 is 4.79 Å². The Kier molecular flexibility index (Phi) is 4.99. The van der Waals surface area contributed by atoms with Crippen LogP contribution in [0, 0.1) is 11.3 Å². The maximum absolute atomic E-state index is 11.4. The van der Waals surface area contributed by atoms with Crippen molar-refractivity contribution in [3.8, 4) is 6.07 Å². The highest BCUT2D eigenvalue weighted by Crippen LogP contribution is 2.24. The van der Waals surface area contributed by atoms with Gasteiger partial charge in [0.2, 0.25) is 0 Å². The molecule has 2 amide bonds. The van der Waals surface area contributed by atoms with Crippen molar-refractivity contribution in [1.82, 2.24) is 15.2 Å². The average molecular weight is 287 g/mol. The van der Waals surface area contributed by atoms with Crippen LogP contribution in [0.2, 0.25) is 0 Å². The second-order valence-corrected chi connectivity index (χ2v) is 5.36. The molecule has 1 heterocycles. The van der Waals surface area contributed by atoms with Crippen LogP contribution in [0.15, 0.2) is 6.07 Å². The number of nitrogens with zero attached hydrogens (tertiary/aromatic N) is 3. The quantitative estimate of drug-likeness (QED) is 0.823. The van der Waals surface area contributed by atoms with E-state index in [2.05, 4.69) is 21.7 Å². The Morgan fingerprint density at radius 3 is 2.86 bits per heavy atom. The molecule has 6 nitrogen and oxygen atoms in total. The van der Waals surface area contributed by atoms with Crippen molar-refractivity contribution in [2.24, 2.45) is 0 Å². The van der Waals surface area contributed by atoms with Gasteiger partial charge in [0, 0.05) is 32.9 Å². The topological polar surface area (TPSA) is 81.1 Å². The van der Waals surface area contributed by atoms with Crippen LogP contribution in [-0.4, -0.2) is 43.1 Å². The largest absolute Gasteiger partial charge is 0.367 e. The number of aryl methyl sites for hydroxylation is 2. The summed E-state index contributed by atoms with van der Waals surface area (Å²) in [6.07, 6.45) is 4.32. The van der Waals surface area contributed by atoms with E-state index in [0.29, 0.717) is 24.5 Å². The minimum Gasteiger partial charge on any atom is -0.367 e. The number of rotatable bonds is 4. The number of aromatic nitrogens is 1. The molecule has 0 fully saturated rings. The molecule has 112 valence electrons. The molecule has 0 spiro atoms. The van der Waals surface area contributed by atoms with E-state index < -0.39 is 0 Å². The molecule has 2 rings (SSSR count). The third-order valence-corrected chi connectivity index (χ3v) is 3.52. The fourth-order valence-corrected chi connectivity index (χ4v) is 2.36. The van der Waals surface area contributed by atoms with Crippen LogP contribution < -0.4 is 10.6 Å². The molecule has 0 saturated carbocycles. The Bertz CT molecular complexity index is 562. The van der Waals surface area contributed by atoms with E-state index in [1.165, 1.54) is 16.9 Å². The molecule has 6 heteroatoms. The summed E-state index contributed by atoms with van der Waals surface area (Å²) in [7, 11) is 3.39. The molecule has 0 unspecified atom stereocenters. The smallest absolute Gasteiger partial charge is 0.316 e. The zero-order valence-corrected chi connectivity index (χ0v) is 12.6. The lowest BCUT2D eigenvalue weighted by molar-refractivity contribution is 0.218. The standard InChI is InChI=1S/C15H21N5O/c1-20(2)15(21)18-8-7-17-14-12(10-16)9-11-5-3-4-6-13(11)19-14/h9H,3-8H2,1-2H3,(H,17,19)(H,18,21). The fourth-order valence-electron chi connectivity index (χ4n) is 2.36. The predicted octanol–water partition coefficient (Wildman–Crippen LogP) is 1.52. The van der Waals surface area contributed by atoms with Crippen molar-refractivity contribution in [3.63, 3.8) is 0 Å². The summed E-state index contributed by atoms with van der Waals surface area (Å²) >= 11 is 0. The van der Waals surface area contributed by atoms with Gasteiger partial charge in [-0.25, -0.2) is 9.78 Å². The van der Waals surface area contributed by atoms with Gasteiger partial charge in [-0.2, -0.15) is 5.26 Å². The highest BCUT2D eigenvalue weighted by molar-refractivity contribution is 5.73. The summed E-state index contributed by atoms with van der Waals surface area (Å²) in [5, 5.41) is 15.1. The minimum atomic E-state index is -0.129. The lowest BCUT2D eigenvalue weighted by atomic mass is 9.95. The molecule has 21 heavy (non-hydrogen) atoms. The van der Waals surface area contributed by atoms with E-state index in [1.54, 1.807) is 14.1 Å². The van der Waals surface area contributed by atoms with Crippen LogP contribution in [0.4, 0.5) is 10.6 Å². The van der Waals surface area contributed by atoms with Gasteiger partial charge in [0.25, 0.3) is 0 Å². The van der Waals surface area contributed by atoms with Gasteiger partial charge in [0.05, 0.1) is 5.56 Å². The number of carbonyl (C=O) groups is 1. The Labute approximate surface area is 125 Å². The molecule has 0 aliphatic heterocycles. The minimum absolute atomic E-state index is 0.129. The van der Waals surface area contributed by atoms with Gasteiger partial charge in [-0.15, -0.1) is 0 Å². The van der Waals surface area contributed by atoms with Gasteiger partial charge in [0.1, 0.15) is 11.9 Å². The number of pyridine rings is 1.